The molecule has 7 nitrogen and oxygen atoms in total. The van der Waals surface area contributed by atoms with Gasteiger partial charge in [-0.15, -0.1) is 0 Å². The highest BCUT2D eigenvalue weighted by Crippen LogP contribution is 2.35. The zero-order chi connectivity index (χ0) is 24.0. The fourth-order valence-corrected chi connectivity index (χ4v) is 4.26. The van der Waals surface area contributed by atoms with E-state index in [4.69, 9.17) is 4.74 Å². The maximum atomic E-state index is 12.9. The number of carbonyl (C=O) groups is 2. The number of aliphatic carboxylic acids is 1. The van der Waals surface area contributed by atoms with E-state index in [2.05, 4.69) is 29.4 Å². The van der Waals surface area contributed by atoms with Crippen LogP contribution in [0.5, 0.6) is 0 Å². The minimum atomic E-state index is -0.828. The van der Waals surface area contributed by atoms with Gasteiger partial charge in [0.15, 0.2) is 0 Å². The van der Waals surface area contributed by atoms with Crippen molar-refractivity contribution in [3.05, 3.63) is 53.6 Å². The summed E-state index contributed by atoms with van der Waals surface area (Å²) in [6, 6.07) is 13.4. The number of hydrogen-bond donors (Lipinski definition) is 3. The van der Waals surface area contributed by atoms with Gasteiger partial charge in [-0.3, -0.25) is 4.79 Å². The Morgan fingerprint density at radius 2 is 1.88 bits per heavy atom. The first-order valence-electron chi connectivity index (χ1n) is 11.6. The summed E-state index contributed by atoms with van der Waals surface area (Å²) in [5.74, 6) is -0.581. The van der Waals surface area contributed by atoms with Crippen molar-refractivity contribution in [3.63, 3.8) is 0 Å². The molecule has 3 rings (SSSR count). The summed E-state index contributed by atoms with van der Waals surface area (Å²) in [5.41, 5.74) is 4.33. The highest BCUT2D eigenvalue weighted by atomic mass is 16.5. The summed E-state index contributed by atoms with van der Waals surface area (Å²) in [4.78, 5) is 26.5. The number of ether oxygens (including phenoxy) is 1. The molecule has 33 heavy (non-hydrogen) atoms. The Kier molecular flexibility index (Phi) is 8.33. The molecule has 1 aliphatic heterocycles. The van der Waals surface area contributed by atoms with E-state index in [1.807, 2.05) is 56.3 Å². The van der Waals surface area contributed by atoms with Crippen LogP contribution in [0.1, 0.15) is 50.7 Å². The van der Waals surface area contributed by atoms with Crippen molar-refractivity contribution >= 4 is 29.1 Å². The Hall–Kier alpha value is -3.06. The second-order valence-corrected chi connectivity index (χ2v) is 9.00. The number of nitrogens with zero attached hydrogens (tertiary/aromatic N) is 1. The number of carbonyl (C=O) groups excluding carboxylic acids is 1. The number of benzene rings is 2. The van der Waals surface area contributed by atoms with Gasteiger partial charge >= 0.3 is 12.0 Å². The van der Waals surface area contributed by atoms with Gasteiger partial charge in [-0.2, -0.15) is 0 Å². The smallest absolute Gasteiger partial charge is 0.323 e. The molecule has 1 saturated heterocycles. The van der Waals surface area contributed by atoms with Crippen molar-refractivity contribution in [3.8, 4) is 0 Å². The van der Waals surface area contributed by atoms with Gasteiger partial charge in [0.05, 0.1) is 37.1 Å². The molecule has 0 saturated carbocycles. The molecule has 0 unspecified atom stereocenters. The third-order valence-electron chi connectivity index (χ3n) is 6.21. The van der Waals surface area contributed by atoms with E-state index in [9.17, 15) is 14.7 Å². The zero-order valence-corrected chi connectivity index (χ0v) is 19.9. The van der Waals surface area contributed by atoms with E-state index in [0.29, 0.717) is 36.9 Å². The van der Waals surface area contributed by atoms with Crippen LogP contribution in [0.3, 0.4) is 0 Å². The maximum absolute atomic E-state index is 12.9. The lowest BCUT2D eigenvalue weighted by Gasteiger charge is -2.40. The van der Waals surface area contributed by atoms with Crippen LogP contribution in [-0.2, 0) is 9.53 Å². The van der Waals surface area contributed by atoms with Gasteiger partial charge in [0.2, 0.25) is 0 Å². The molecule has 1 heterocycles. The van der Waals surface area contributed by atoms with Crippen molar-refractivity contribution in [2.75, 3.05) is 35.3 Å². The van der Waals surface area contributed by atoms with E-state index in [-0.39, 0.29) is 24.4 Å². The molecule has 0 spiro atoms. The minimum Gasteiger partial charge on any atom is -0.481 e. The first-order chi connectivity index (χ1) is 15.8. The van der Waals surface area contributed by atoms with Crippen LogP contribution >= 0.6 is 0 Å². The molecular weight excluding hydrogens is 418 g/mol. The van der Waals surface area contributed by atoms with Crippen LogP contribution in [0.2, 0.25) is 0 Å². The Balaban J connectivity index is 1.93. The Morgan fingerprint density at radius 3 is 2.52 bits per heavy atom. The molecule has 2 atom stereocenters. The van der Waals surface area contributed by atoms with Crippen LogP contribution in [0.25, 0.3) is 0 Å². The molecule has 178 valence electrons. The third-order valence-corrected chi connectivity index (χ3v) is 6.21. The number of carboxylic acids is 1. The number of amides is 2. The molecule has 7 heteroatoms. The van der Waals surface area contributed by atoms with Gasteiger partial charge in [0.25, 0.3) is 0 Å². The number of morpholine rings is 1. The topological polar surface area (TPSA) is 90.9 Å². The number of anilines is 3. The van der Waals surface area contributed by atoms with Crippen molar-refractivity contribution in [2.45, 2.75) is 52.5 Å². The second-order valence-electron chi connectivity index (χ2n) is 9.00. The third kappa shape index (κ3) is 6.48. The molecule has 2 amide bonds. The van der Waals surface area contributed by atoms with Crippen LogP contribution in [0.15, 0.2) is 42.5 Å². The number of urea groups is 1. The second kappa shape index (κ2) is 11.2. The summed E-state index contributed by atoms with van der Waals surface area (Å²) in [6.07, 6.45) is 0.754. The number of hydrogen-bond acceptors (Lipinski definition) is 4. The summed E-state index contributed by atoms with van der Waals surface area (Å²) in [7, 11) is 0. The van der Waals surface area contributed by atoms with Gasteiger partial charge in [-0.05, 0) is 55.0 Å². The molecule has 0 bridgehead atoms. The van der Waals surface area contributed by atoms with Crippen molar-refractivity contribution in [1.82, 2.24) is 0 Å². The molecule has 2 aromatic carbocycles. The molecule has 3 N–H and O–H groups in total. The zero-order valence-electron chi connectivity index (χ0n) is 19.9. The van der Waals surface area contributed by atoms with Crippen molar-refractivity contribution in [2.24, 2.45) is 5.92 Å². The lowest BCUT2D eigenvalue weighted by Crippen LogP contribution is -2.48. The monoisotopic (exact) mass is 453 g/mol. The first kappa shape index (κ1) is 24.6. The van der Waals surface area contributed by atoms with E-state index < -0.39 is 5.97 Å². The maximum Gasteiger partial charge on any atom is 0.323 e. The summed E-state index contributed by atoms with van der Waals surface area (Å²) < 4.78 is 5.72. The van der Waals surface area contributed by atoms with Crippen molar-refractivity contribution in [1.29, 1.82) is 0 Å². The van der Waals surface area contributed by atoms with Gasteiger partial charge in [0, 0.05) is 12.2 Å². The largest absolute Gasteiger partial charge is 0.481 e. The summed E-state index contributed by atoms with van der Waals surface area (Å²) in [6.45, 7) is 10.3. The SMILES string of the molecule is CC[C@@H](CC(=O)O)c1ccc(N2CCOC[C@@H]2C(C)C)c(NC(=O)Nc2ccc(C)cc2)c1. The standard InChI is InChI=1S/C26H35N3O4/c1-5-19(15-25(30)31)20-8-11-23(29-12-13-33-16-24(29)17(2)3)22(14-20)28-26(32)27-21-9-6-18(4)7-10-21/h6-11,14,17,19,24H,5,12-13,15-16H2,1-4H3,(H,30,31)(H2,27,28,32)/t19-,24+/m0/s1. The summed E-state index contributed by atoms with van der Waals surface area (Å²) >= 11 is 0. The molecule has 1 fully saturated rings. The first-order valence-corrected chi connectivity index (χ1v) is 11.6. The number of nitrogens with one attached hydrogen (secondary N) is 2. The van der Waals surface area contributed by atoms with Crippen LogP contribution in [-0.4, -0.2) is 42.9 Å². The molecule has 0 aliphatic carbocycles. The van der Waals surface area contributed by atoms with E-state index >= 15 is 0 Å². The average molecular weight is 454 g/mol. The number of rotatable bonds is 8. The molecule has 0 radical (unpaired) electrons. The Morgan fingerprint density at radius 1 is 1.15 bits per heavy atom. The normalized spacial score (nSPS) is 17.0. The highest BCUT2D eigenvalue weighted by molar-refractivity contribution is 6.02. The van der Waals surface area contributed by atoms with Gasteiger partial charge < -0.3 is 25.4 Å². The lowest BCUT2D eigenvalue weighted by atomic mass is 9.92. The Bertz CT molecular complexity index is 959. The van der Waals surface area contributed by atoms with Crippen LogP contribution in [0.4, 0.5) is 21.9 Å². The minimum absolute atomic E-state index is 0.0526. The van der Waals surface area contributed by atoms with E-state index in [1.165, 1.54) is 0 Å². The van der Waals surface area contributed by atoms with Crippen LogP contribution < -0.4 is 15.5 Å². The predicted octanol–water partition coefficient (Wildman–Crippen LogP) is 5.47. The predicted molar refractivity (Wildman–Crippen MR) is 132 cm³/mol. The molecule has 2 aromatic rings. The number of aryl methyl sites for hydroxylation is 1. The fraction of sp³-hybridized carbons (Fsp3) is 0.462. The molecule has 1 aliphatic rings. The van der Waals surface area contributed by atoms with Gasteiger partial charge in [-0.1, -0.05) is 44.5 Å². The molecular formula is C26H35N3O4. The van der Waals surface area contributed by atoms with E-state index in [0.717, 1.165) is 23.4 Å². The van der Waals surface area contributed by atoms with Gasteiger partial charge in [-0.25, -0.2) is 4.79 Å². The lowest BCUT2D eigenvalue weighted by molar-refractivity contribution is -0.137. The fourth-order valence-electron chi connectivity index (χ4n) is 4.26. The molecule has 0 aromatic heterocycles. The Labute approximate surface area is 196 Å². The average Bonchev–Trinajstić information content (AvgIpc) is 2.78. The van der Waals surface area contributed by atoms with E-state index in [1.54, 1.807) is 0 Å². The van der Waals surface area contributed by atoms with Crippen LogP contribution in [0, 0.1) is 12.8 Å². The quantitative estimate of drug-likeness (QED) is 0.493. The van der Waals surface area contributed by atoms with Gasteiger partial charge in [0.1, 0.15) is 0 Å². The summed E-state index contributed by atoms with van der Waals surface area (Å²) in [5, 5.41) is 15.2. The highest BCUT2D eigenvalue weighted by Gasteiger charge is 2.28. The number of carboxylic acid groups (broad SMARTS) is 1. The van der Waals surface area contributed by atoms with Crippen molar-refractivity contribution < 1.29 is 19.4 Å².